The summed E-state index contributed by atoms with van der Waals surface area (Å²) < 4.78 is 49.0. The van der Waals surface area contributed by atoms with Crippen molar-refractivity contribution in [3.63, 3.8) is 0 Å². The van der Waals surface area contributed by atoms with Crippen molar-refractivity contribution < 1.29 is 76.0 Å². The Kier molecular flexibility index (Phi) is 24.1. The molecule has 2 aliphatic heterocycles. The highest BCUT2D eigenvalue weighted by atomic mass is 19.1. The van der Waals surface area contributed by atoms with Crippen molar-refractivity contribution in [2.45, 2.75) is 115 Å². The molecule has 1 saturated heterocycles. The predicted octanol–water partition coefficient (Wildman–Crippen LogP) is 6.06. The Hall–Kier alpha value is -8.66. The number of nitrogens with zero attached hydrogens (tertiary/aromatic N) is 4. The minimum atomic E-state index is -1.53. The molecule has 0 radical (unpaired) electrons. The van der Waals surface area contributed by atoms with Crippen LogP contribution in [0.1, 0.15) is 101 Å². The van der Waals surface area contributed by atoms with Crippen LogP contribution in [0.15, 0.2) is 109 Å². The number of nitrogens with one attached hydrogen (secondary N) is 2. The fraction of sp³-hybridized carbons (Fsp3) is 0.462. The summed E-state index contributed by atoms with van der Waals surface area (Å²) in [5.74, 6) is -6.18. The zero-order valence-electron chi connectivity index (χ0n) is 51.3. The number of Topliss-reactive ketones (excluding diaryl/α,β-unsaturated/α-hetero) is 1. The molecule has 0 saturated carbocycles. The van der Waals surface area contributed by atoms with E-state index in [-0.39, 0.29) is 51.1 Å². The first-order valence-electron chi connectivity index (χ1n) is 28.9. The zero-order valence-corrected chi connectivity index (χ0v) is 51.3. The van der Waals surface area contributed by atoms with Gasteiger partial charge >= 0.3 is 11.9 Å². The van der Waals surface area contributed by atoms with E-state index in [4.69, 9.17) is 28.4 Å². The van der Waals surface area contributed by atoms with Crippen LogP contribution in [0.4, 0.5) is 4.39 Å². The molecule has 0 aromatic heterocycles. The van der Waals surface area contributed by atoms with Crippen LogP contribution >= 0.6 is 0 Å². The summed E-state index contributed by atoms with van der Waals surface area (Å²) in [6.07, 6.45) is 3.52. The highest BCUT2D eigenvalue weighted by Gasteiger charge is 2.43. The normalized spacial score (nSPS) is 21.6. The van der Waals surface area contributed by atoms with Gasteiger partial charge in [0.25, 0.3) is 11.8 Å². The van der Waals surface area contributed by atoms with Gasteiger partial charge in [-0.15, -0.1) is 0 Å². The van der Waals surface area contributed by atoms with Crippen LogP contribution in [0.5, 0.6) is 17.2 Å². The molecule has 2 heterocycles. The number of carbonyl (C=O) groups excluding carboxylic acids is 9. The Morgan fingerprint density at radius 3 is 2.11 bits per heavy atom. The van der Waals surface area contributed by atoms with Crippen LogP contribution in [-0.2, 0) is 70.2 Å². The molecule has 0 aliphatic carbocycles. The second-order valence-electron chi connectivity index (χ2n) is 23.2. The van der Waals surface area contributed by atoms with Crippen molar-refractivity contribution in [2.24, 2.45) is 5.41 Å². The largest absolute Gasteiger partial charge is 0.493 e. The molecule has 468 valence electrons. The number of piperidine rings is 1. The summed E-state index contributed by atoms with van der Waals surface area (Å²) in [5, 5.41) is 5.55. The molecule has 87 heavy (non-hydrogen) atoms. The molecule has 1 fully saturated rings. The second-order valence-corrected chi connectivity index (χ2v) is 23.2. The van der Waals surface area contributed by atoms with Crippen molar-refractivity contribution in [1.29, 1.82) is 0 Å². The third kappa shape index (κ3) is 19.4. The van der Waals surface area contributed by atoms with Gasteiger partial charge in [-0.3, -0.25) is 33.6 Å². The number of carbonyl (C=O) groups is 9. The van der Waals surface area contributed by atoms with Gasteiger partial charge in [0.15, 0.2) is 18.1 Å². The minimum absolute atomic E-state index is 0.0303. The molecular formula is C65H81FN6O15. The van der Waals surface area contributed by atoms with Crippen molar-refractivity contribution in [2.75, 3.05) is 74.8 Å². The molecule has 2 aliphatic rings. The topological polar surface area (TPSA) is 246 Å². The number of esters is 2. The summed E-state index contributed by atoms with van der Waals surface area (Å²) >= 11 is 0. The Bertz CT molecular complexity index is 3110. The predicted molar refractivity (Wildman–Crippen MR) is 318 cm³/mol. The lowest BCUT2D eigenvalue weighted by molar-refractivity contribution is -0.165. The maximum absolute atomic E-state index is 14.8. The van der Waals surface area contributed by atoms with E-state index in [2.05, 4.69) is 10.6 Å². The molecule has 1 unspecified atom stereocenters. The summed E-state index contributed by atoms with van der Waals surface area (Å²) in [4.78, 5) is 132. The van der Waals surface area contributed by atoms with E-state index < -0.39 is 120 Å². The molecule has 22 heteroatoms. The number of aryl methyl sites for hydroxylation is 1. The van der Waals surface area contributed by atoms with Crippen molar-refractivity contribution in [1.82, 2.24) is 30.2 Å². The highest BCUT2D eigenvalue weighted by Crippen LogP contribution is 2.33. The summed E-state index contributed by atoms with van der Waals surface area (Å²) in [5.41, 5.74) is -0.193. The maximum Gasteiger partial charge on any atom is 0.330 e. The van der Waals surface area contributed by atoms with E-state index in [9.17, 15) is 47.5 Å². The quantitative estimate of drug-likeness (QED) is 0.135. The summed E-state index contributed by atoms with van der Waals surface area (Å²) in [6.45, 7) is 6.38. The van der Waals surface area contributed by atoms with Gasteiger partial charge in [0.2, 0.25) is 29.4 Å². The number of cyclic esters (lactones) is 2. The summed E-state index contributed by atoms with van der Waals surface area (Å²) in [7, 11) is 7.28. The molecule has 6 amide bonds. The number of ketones is 1. The fourth-order valence-corrected chi connectivity index (χ4v) is 9.75. The lowest BCUT2D eigenvalue weighted by Crippen LogP contribution is -2.58. The van der Waals surface area contributed by atoms with Gasteiger partial charge in [0.05, 0.1) is 38.4 Å². The minimum Gasteiger partial charge on any atom is -0.493 e. The number of hydrogen-bond donors (Lipinski definition) is 2. The van der Waals surface area contributed by atoms with Gasteiger partial charge in [0, 0.05) is 46.7 Å². The lowest BCUT2D eigenvalue weighted by atomic mass is 9.87. The number of benzene rings is 4. The number of amides is 6. The van der Waals surface area contributed by atoms with E-state index in [0.29, 0.717) is 47.5 Å². The lowest BCUT2D eigenvalue weighted by Gasteiger charge is -2.36. The number of ether oxygens (including phenoxy) is 6. The molecule has 4 aromatic rings. The Morgan fingerprint density at radius 2 is 1.43 bits per heavy atom. The van der Waals surface area contributed by atoms with E-state index in [1.165, 1.54) is 89.4 Å². The average Bonchev–Trinajstić information content (AvgIpc) is 3.34. The number of rotatable bonds is 10. The Balaban J connectivity index is 1.33. The highest BCUT2D eigenvalue weighted by molar-refractivity contribution is 6.38. The molecule has 0 spiro atoms. The van der Waals surface area contributed by atoms with Gasteiger partial charge in [-0.05, 0) is 132 Å². The number of likely N-dealkylation sites (N-methyl/N-ethyl adjacent to an activating group) is 3. The summed E-state index contributed by atoms with van der Waals surface area (Å²) in [6, 6.07) is 20.5. The monoisotopic (exact) mass is 1200 g/mol. The molecular weight excluding hydrogens is 1120 g/mol. The maximum atomic E-state index is 14.8. The Labute approximate surface area is 507 Å². The standard InChI is InChI=1S/C65H81FN6O15/c1-64(2,3)86-39-50-59(77)67-48(35-42-25-29-46(66)30-26-42)60(78)69(6)33-16-15-24-56(75)85-41-65(4,5)58(76)62(80)72-34-17-14-23-49(72)63(81)87-51(31-27-43-28-32-52(82-9)53(36-43)83-10)45-21-18-22-47(37-45)84-40-55(74)70(7)38-54(73)68-57(61(79)71(50)8)44-19-12-11-13-20-44/h11-13,15,18-22,24-26,28-30,32,36-37,48-51,57H,14,16-17,23,27,31,33-35,38-41H2,1-10H3,(H,67,77)(H,68,73)/t48-,49-,50-,51+,57?/m0/s1. The van der Waals surface area contributed by atoms with Crippen LogP contribution in [0, 0.1) is 11.2 Å². The third-order valence-electron chi connectivity index (χ3n) is 14.9. The number of halogens is 1. The van der Waals surface area contributed by atoms with E-state index in [1.807, 2.05) is 6.07 Å². The zero-order chi connectivity index (χ0) is 63.6. The first-order chi connectivity index (χ1) is 41.3. The number of methoxy groups -OCH3 is 2. The van der Waals surface area contributed by atoms with Crippen molar-refractivity contribution in [3.05, 3.63) is 137 Å². The van der Waals surface area contributed by atoms with Crippen molar-refractivity contribution >= 4 is 53.2 Å². The van der Waals surface area contributed by atoms with Crippen molar-refractivity contribution in [3.8, 4) is 17.2 Å². The van der Waals surface area contributed by atoms with Crippen LogP contribution in [-0.4, -0.2) is 171 Å². The smallest absolute Gasteiger partial charge is 0.330 e. The molecule has 4 aromatic carbocycles. The molecule has 2 N–H and O–H groups in total. The molecule has 6 rings (SSSR count). The van der Waals surface area contributed by atoms with Gasteiger partial charge in [-0.25, -0.2) is 14.0 Å². The first kappa shape index (κ1) is 67.5. The Morgan fingerprint density at radius 1 is 0.736 bits per heavy atom. The average molecular weight is 1210 g/mol. The van der Waals surface area contributed by atoms with Gasteiger partial charge < -0.3 is 58.7 Å². The fourth-order valence-electron chi connectivity index (χ4n) is 9.75. The molecule has 21 nitrogen and oxygen atoms in total. The second kappa shape index (κ2) is 31.1. The van der Waals surface area contributed by atoms with Crippen LogP contribution in [0.25, 0.3) is 0 Å². The van der Waals surface area contributed by atoms with Gasteiger partial charge in [-0.1, -0.05) is 66.7 Å². The molecule has 5 atom stereocenters. The third-order valence-corrected chi connectivity index (χ3v) is 14.9. The number of hydrogen-bond acceptors (Lipinski definition) is 15. The van der Waals surface area contributed by atoms with E-state index >= 15 is 0 Å². The number of fused-ring (bicyclic) bond motifs is 3. The van der Waals surface area contributed by atoms with Crippen LogP contribution in [0.2, 0.25) is 0 Å². The van der Waals surface area contributed by atoms with Gasteiger partial charge in [0.1, 0.15) is 48.4 Å². The van der Waals surface area contributed by atoms with Crippen LogP contribution < -0.4 is 24.8 Å². The molecule has 2 bridgehead atoms. The van der Waals surface area contributed by atoms with E-state index in [0.717, 1.165) is 21.4 Å². The SMILES string of the molecule is COc1ccc(CC[C@H]2OC(=O)[C@@H]3CCCCN3C(=O)C(=O)C(C)(C)COC(=O)C=CCCN(C)C(=O)[C@H](Cc3ccc(F)cc3)NC(=O)[C@H](COC(C)(C)C)N(C)C(=O)C(c3ccccc3)NC(=O)CN(C)C(=O)COc3cccc2c3)cc1OC. The van der Waals surface area contributed by atoms with E-state index in [1.54, 1.807) is 87.5 Å². The van der Waals surface area contributed by atoms with Crippen LogP contribution in [0.3, 0.4) is 0 Å². The van der Waals surface area contributed by atoms with Gasteiger partial charge in [-0.2, -0.15) is 0 Å². The first-order valence-corrected chi connectivity index (χ1v) is 28.9.